The summed E-state index contributed by atoms with van der Waals surface area (Å²) in [5.74, 6) is -0.529. The number of aromatic carboxylic acids is 1. The number of hydrogen-bond acceptors (Lipinski definition) is 2. The van der Waals surface area contributed by atoms with Crippen molar-refractivity contribution in [3.05, 3.63) is 29.8 Å². The largest absolute Gasteiger partial charge is 0.489 e. The topological polar surface area (TPSA) is 46.5 Å². The van der Waals surface area contributed by atoms with Crippen LogP contribution in [0.15, 0.2) is 12.1 Å². The summed E-state index contributed by atoms with van der Waals surface area (Å²) in [6.07, 6.45) is 0. The fraction of sp³-hybridized carbons (Fsp3) is 0.125. The van der Waals surface area contributed by atoms with Crippen LogP contribution in [0.5, 0.6) is 5.75 Å². The summed E-state index contributed by atoms with van der Waals surface area (Å²) in [5.41, 5.74) is 0.0887. The third-order valence-electron chi connectivity index (χ3n) is 1.17. The van der Waals surface area contributed by atoms with Gasteiger partial charge in [0.25, 0.3) is 0 Å². The van der Waals surface area contributed by atoms with Crippen LogP contribution in [-0.2, 0) is 0 Å². The maximum absolute atomic E-state index is 10.3. The maximum Gasteiger partial charge on any atom is 0.344 e. The third-order valence-corrected chi connectivity index (χ3v) is 1.17. The number of ether oxygens (including phenoxy) is 1. The summed E-state index contributed by atoms with van der Waals surface area (Å²) in [5, 5.41) is 8.46. The van der Waals surface area contributed by atoms with E-state index in [-0.39, 0.29) is 5.56 Å². The molecule has 0 spiro atoms. The lowest BCUT2D eigenvalue weighted by Crippen LogP contribution is -1.93. The Morgan fingerprint density at radius 1 is 1.55 bits per heavy atom. The van der Waals surface area contributed by atoms with Crippen molar-refractivity contribution in [3.8, 4) is 5.75 Å². The molecule has 56 valence electrons. The molecule has 0 bridgehead atoms. The van der Waals surface area contributed by atoms with Crippen LogP contribution in [0.4, 0.5) is 0 Å². The Balaban J connectivity index is 2.91. The van der Waals surface area contributed by atoms with Crippen molar-refractivity contribution in [1.82, 2.24) is 0 Å². The minimum atomic E-state index is -1.01. The number of carboxylic acid groups (broad SMARTS) is 1. The molecule has 1 aromatic rings. The lowest BCUT2D eigenvalue weighted by molar-refractivity contribution is 0.0697. The maximum atomic E-state index is 10.3. The van der Waals surface area contributed by atoms with Crippen molar-refractivity contribution in [3.63, 3.8) is 0 Å². The van der Waals surface area contributed by atoms with E-state index in [1.165, 1.54) is 19.2 Å². The van der Waals surface area contributed by atoms with Crippen molar-refractivity contribution >= 4 is 5.97 Å². The molecule has 11 heavy (non-hydrogen) atoms. The number of methoxy groups -OCH3 is 1. The Bertz CT molecular complexity index is 251. The molecule has 0 aliphatic heterocycles. The van der Waals surface area contributed by atoms with E-state index >= 15 is 0 Å². The smallest absolute Gasteiger partial charge is 0.344 e. The van der Waals surface area contributed by atoms with Gasteiger partial charge in [0.15, 0.2) is 5.75 Å². The number of carbonyl (C=O) groups is 1. The van der Waals surface area contributed by atoms with Crippen LogP contribution in [0, 0.1) is 12.1 Å². The van der Waals surface area contributed by atoms with E-state index in [1.807, 2.05) is 0 Å². The summed E-state index contributed by atoms with van der Waals surface area (Å²) in [4.78, 5) is 10.3. The second kappa shape index (κ2) is 2.93. The van der Waals surface area contributed by atoms with Crippen LogP contribution < -0.4 is 4.74 Å². The van der Waals surface area contributed by atoms with Crippen molar-refractivity contribution in [2.75, 3.05) is 7.11 Å². The molecule has 0 fully saturated rings. The monoisotopic (exact) mass is 150 g/mol. The molecule has 1 aromatic carbocycles. The molecule has 1 N–H and O–H groups in total. The van der Waals surface area contributed by atoms with Gasteiger partial charge in [0.1, 0.15) is 5.56 Å². The summed E-state index contributed by atoms with van der Waals surface area (Å²) in [6.45, 7) is 0. The standard InChI is InChI=1S/C8H6O3/c1-11-7-4-2-6(3-5-7)8(9)10/h2,4H,1H3,(H,9,10). The molecule has 3 nitrogen and oxygen atoms in total. The second-order valence-corrected chi connectivity index (χ2v) is 1.87. The van der Waals surface area contributed by atoms with E-state index in [0.717, 1.165) is 0 Å². The van der Waals surface area contributed by atoms with Gasteiger partial charge in [0.2, 0.25) is 0 Å². The van der Waals surface area contributed by atoms with Gasteiger partial charge in [-0.25, -0.2) is 4.79 Å². The predicted octanol–water partition coefficient (Wildman–Crippen LogP) is 0.994. The Kier molecular flexibility index (Phi) is 1.98. The number of carboxylic acids is 1. The predicted molar refractivity (Wildman–Crippen MR) is 37.6 cm³/mol. The fourth-order valence-corrected chi connectivity index (χ4v) is 0.615. The first-order valence-electron chi connectivity index (χ1n) is 2.95. The van der Waals surface area contributed by atoms with Gasteiger partial charge in [-0.05, 0) is 18.2 Å². The minimum Gasteiger partial charge on any atom is -0.489 e. The number of rotatable bonds is 2. The van der Waals surface area contributed by atoms with Crippen molar-refractivity contribution in [2.24, 2.45) is 0 Å². The van der Waals surface area contributed by atoms with Crippen LogP contribution in [-0.4, -0.2) is 18.2 Å². The Hall–Kier alpha value is -1.69. The first-order chi connectivity index (χ1) is 5.24. The highest BCUT2D eigenvalue weighted by atomic mass is 16.5. The van der Waals surface area contributed by atoms with E-state index in [0.29, 0.717) is 5.75 Å². The molecule has 0 amide bonds. The van der Waals surface area contributed by atoms with Crippen LogP contribution >= 0.6 is 0 Å². The highest BCUT2D eigenvalue weighted by Crippen LogP contribution is 2.04. The van der Waals surface area contributed by atoms with E-state index < -0.39 is 5.97 Å². The van der Waals surface area contributed by atoms with Crippen molar-refractivity contribution in [1.29, 1.82) is 0 Å². The highest BCUT2D eigenvalue weighted by Gasteiger charge is 1.99. The summed E-state index contributed by atoms with van der Waals surface area (Å²) in [6, 6.07) is 7.92. The molecule has 0 radical (unpaired) electrons. The van der Waals surface area contributed by atoms with E-state index in [9.17, 15) is 4.79 Å². The quantitative estimate of drug-likeness (QED) is 0.683. The zero-order valence-electron chi connectivity index (χ0n) is 5.92. The van der Waals surface area contributed by atoms with Gasteiger partial charge in [0, 0.05) is 0 Å². The van der Waals surface area contributed by atoms with Gasteiger partial charge in [0.05, 0.1) is 7.11 Å². The Morgan fingerprint density at radius 3 is 2.64 bits per heavy atom. The average molecular weight is 150 g/mol. The summed E-state index contributed by atoms with van der Waals surface area (Å²) < 4.78 is 4.77. The molecule has 0 unspecified atom stereocenters. The first-order valence-corrected chi connectivity index (χ1v) is 2.95. The van der Waals surface area contributed by atoms with Gasteiger partial charge in [-0.1, -0.05) is 6.07 Å². The molecular formula is C8H6O3. The SMILES string of the molecule is COc1c#cc(C(=O)O)cc1. The minimum absolute atomic E-state index is 0.0887. The second-order valence-electron chi connectivity index (χ2n) is 1.87. The van der Waals surface area contributed by atoms with Crippen LogP contribution in [0.25, 0.3) is 0 Å². The molecule has 0 atom stereocenters. The fourth-order valence-electron chi connectivity index (χ4n) is 0.615. The van der Waals surface area contributed by atoms with Crippen LogP contribution in [0.2, 0.25) is 0 Å². The first kappa shape index (κ1) is 7.42. The molecule has 1 rings (SSSR count). The molecule has 0 aliphatic carbocycles. The Labute approximate surface area is 64.2 Å². The third kappa shape index (κ3) is 1.62. The summed E-state index contributed by atoms with van der Waals surface area (Å²) in [7, 11) is 1.49. The van der Waals surface area contributed by atoms with Gasteiger partial charge in [-0.15, -0.1) is 0 Å². The van der Waals surface area contributed by atoms with Crippen LogP contribution in [0.3, 0.4) is 0 Å². The van der Waals surface area contributed by atoms with Gasteiger partial charge in [-0.3, -0.25) is 0 Å². The normalized spacial score (nSPS) is 8.45. The van der Waals surface area contributed by atoms with Crippen molar-refractivity contribution in [2.45, 2.75) is 0 Å². The molecule has 3 heteroatoms. The lowest BCUT2D eigenvalue weighted by atomic mass is 10.2. The molecule has 0 saturated heterocycles. The Morgan fingerprint density at radius 2 is 2.27 bits per heavy atom. The average Bonchev–Trinajstić information content (AvgIpc) is 2.05. The highest BCUT2D eigenvalue weighted by molar-refractivity contribution is 5.86. The van der Waals surface area contributed by atoms with Gasteiger partial charge < -0.3 is 9.84 Å². The van der Waals surface area contributed by atoms with E-state index in [2.05, 4.69) is 12.1 Å². The molecule has 0 aliphatic rings. The van der Waals surface area contributed by atoms with Gasteiger partial charge in [-0.2, -0.15) is 0 Å². The molecular weight excluding hydrogens is 144 g/mol. The zero-order chi connectivity index (χ0) is 8.27. The summed E-state index contributed by atoms with van der Waals surface area (Å²) >= 11 is 0. The molecule has 0 aromatic heterocycles. The van der Waals surface area contributed by atoms with E-state index in [4.69, 9.17) is 9.84 Å². The lowest BCUT2D eigenvalue weighted by Gasteiger charge is -1.92. The molecule has 0 heterocycles. The number of hydrogen-bond donors (Lipinski definition) is 1. The van der Waals surface area contributed by atoms with Crippen molar-refractivity contribution < 1.29 is 14.6 Å². The van der Waals surface area contributed by atoms with Crippen LogP contribution in [0.1, 0.15) is 10.4 Å². The zero-order valence-corrected chi connectivity index (χ0v) is 5.92. The van der Waals surface area contributed by atoms with Gasteiger partial charge >= 0.3 is 5.97 Å². The molecule has 0 saturated carbocycles. The van der Waals surface area contributed by atoms with E-state index in [1.54, 1.807) is 0 Å².